The number of carbonyl (C=O) groups is 4. The third kappa shape index (κ3) is 8.68. The summed E-state index contributed by atoms with van der Waals surface area (Å²) in [4.78, 5) is 67.4. The van der Waals surface area contributed by atoms with E-state index in [9.17, 15) is 19.2 Å². The van der Waals surface area contributed by atoms with E-state index in [1.54, 1.807) is 23.1 Å². The van der Waals surface area contributed by atoms with Crippen molar-refractivity contribution in [2.75, 3.05) is 19.7 Å². The van der Waals surface area contributed by atoms with Gasteiger partial charge in [-0.15, -0.1) is 5.06 Å². The van der Waals surface area contributed by atoms with Gasteiger partial charge in [-0.3, -0.25) is 9.59 Å². The molecule has 13 heteroatoms. The maximum absolute atomic E-state index is 14.0. The first-order chi connectivity index (χ1) is 26.9. The SMILES string of the molecule is CC(C)(C)OC(=O)N1CCC(N=C(N)N2Cc3ccc(OC[C@H](ON4C(=O)c5ccccc5C4=O)C(=O)OC(c4ccccc4)c4ccccc4)cc3C2)CC1. The van der Waals surface area contributed by atoms with E-state index in [1.165, 1.54) is 12.1 Å². The molecule has 0 bridgehead atoms. The molecule has 0 unspecified atom stereocenters. The van der Waals surface area contributed by atoms with Crippen molar-refractivity contribution in [1.29, 1.82) is 0 Å². The molecule has 0 saturated carbocycles. The first kappa shape index (κ1) is 38.1. The second-order valence-corrected chi connectivity index (χ2v) is 15.0. The first-order valence-corrected chi connectivity index (χ1v) is 18.7. The van der Waals surface area contributed by atoms with E-state index in [-0.39, 0.29) is 29.9 Å². The molecule has 2 N–H and O–H groups in total. The van der Waals surface area contributed by atoms with Crippen molar-refractivity contribution in [3.05, 3.63) is 137 Å². The van der Waals surface area contributed by atoms with Crippen molar-refractivity contribution in [3.63, 3.8) is 0 Å². The fraction of sp³-hybridized carbons (Fsp3) is 0.326. The van der Waals surface area contributed by atoms with Crippen molar-refractivity contribution in [1.82, 2.24) is 14.9 Å². The molecule has 0 aromatic heterocycles. The number of benzene rings is 4. The Kier molecular flexibility index (Phi) is 11.1. The van der Waals surface area contributed by atoms with Crippen LogP contribution in [0.3, 0.4) is 0 Å². The van der Waals surface area contributed by atoms with E-state index in [4.69, 9.17) is 29.8 Å². The topological polar surface area (TPSA) is 153 Å². The van der Waals surface area contributed by atoms with Crippen LogP contribution >= 0.6 is 0 Å². The largest absolute Gasteiger partial charge is 0.490 e. The van der Waals surface area contributed by atoms with Gasteiger partial charge in [-0.1, -0.05) is 78.9 Å². The Hall–Kier alpha value is -6.21. The van der Waals surface area contributed by atoms with Gasteiger partial charge in [-0.2, -0.15) is 0 Å². The number of ether oxygens (including phenoxy) is 3. The van der Waals surface area contributed by atoms with Crippen LogP contribution in [0.15, 0.2) is 108 Å². The van der Waals surface area contributed by atoms with Crippen molar-refractivity contribution in [2.45, 2.75) is 70.6 Å². The molecule has 3 amide bonds. The number of hydrogen-bond acceptors (Lipinski definition) is 9. The highest BCUT2D eigenvalue weighted by molar-refractivity contribution is 6.20. The van der Waals surface area contributed by atoms with Gasteiger partial charge in [0.05, 0.1) is 17.2 Å². The van der Waals surface area contributed by atoms with Gasteiger partial charge in [0.15, 0.2) is 12.1 Å². The molecular weight excluding hydrogens is 714 g/mol. The quantitative estimate of drug-likeness (QED) is 0.0879. The minimum absolute atomic E-state index is 0.0153. The van der Waals surface area contributed by atoms with Gasteiger partial charge >= 0.3 is 12.1 Å². The number of aliphatic imine (C=N–C) groups is 1. The zero-order valence-corrected chi connectivity index (χ0v) is 31.6. The maximum Gasteiger partial charge on any atom is 0.410 e. The molecule has 0 spiro atoms. The van der Waals surface area contributed by atoms with Crippen LogP contribution < -0.4 is 10.5 Å². The Labute approximate surface area is 325 Å². The maximum atomic E-state index is 14.0. The van der Waals surface area contributed by atoms with Gasteiger partial charge in [-0.05, 0) is 80.1 Å². The normalized spacial score (nSPS) is 16.5. The summed E-state index contributed by atoms with van der Waals surface area (Å²) in [5, 5.41) is 0.601. The molecule has 0 radical (unpaired) electrons. The van der Waals surface area contributed by atoms with E-state index in [0.29, 0.717) is 55.8 Å². The van der Waals surface area contributed by atoms with Crippen LogP contribution in [0.4, 0.5) is 4.79 Å². The number of likely N-dealkylation sites (tertiary alicyclic amines) is 1. The summed E-state index contributed by atoms with van der Waals surface area (Å²) in [7, 11) is 0. The highest BCUT2D eigenvalue weighted by atomic mass is 16.7. The molecule has 1 saturated heterocycles. The number of esters is 1. The zero-order chi connectivity index (χ0) is 39.4. The molecule has 0 aliphatic carbocycles. The lowest BCUT2D eigenvalue weighted by Crippen LogP contribution is -2.43. The zero-order valence-electron chi connectivity index (χ0n) is 31.6. The van der Waals surface area contributed by atoms with E-state index in [1.807, 2.05) is 98.5 Å². The van der Waals surface area contributed by atoms with Crippen molar-refractivity contribution in [3.8, 4) is 5.75 Å². The molecular formula is C43H45N5O8. The van der Waals surface area contributed by atoms with Crippen LogP contribution in [0.25, 0.3) is 0 Å². The Morgan fingerprint density at radius 3 is 1.95 bits per heavy atom. The minimum atomic E-state index is -1.50. The lowest BCUT2D eigenvalue weighted by atomic mass is 10.0. The Balaban J connectivity index is 1.03. The molecule has 3 aliphatic rings. The number of nitrogens with zero attached hydrogens (tertiary/aromatic N) is 4. The van der Waals surface area contributed by atoms with Crippen LogP contribution in [0.5, 0.6) is 5.75 Å². The van der Waals surface area contributed by atoms with Gasteiger partial charge < -0.3 is 29.7 Å². The third-order valence-corrected chi connectivity index (χ3v) is 9.75. The highest BCUT2D eigenvalue weighted by Crippen LogP contribution is 2.30. The van der Waals surface area contributed by atoms with Gasteiger partial charge in [0.2, 0.25) is 6.10 Å². The van der Waals surface area contributed by atoms with Crippen molar-refractivity contribution >= 4 is 29.8 Å². The molecule has 1 fully saturated rings. The van der Waals surface area contributed by atoms with Crippen LogP contribution in [-0.4, -0.2) is 82.1 Å². The smallest absolute Gasteiger partial charge is 0.410 e. The van der Waals surface area contributed by atoms with E-state index >= 15 is 0 Å². The van der Waals surface area contributed by atoms with E-state index < -0.39 is 35.6 Å². The summed E-state index contributed by atoms with van der Waals surface area (Å²) < 4.78 is 17.7. The molecule has 13 nitrogen and oxygen atoms in total. The van der Waals surface area contributed by atoms with E-state index in [2.05, 4.69) is 0 Å². The second kappa shape index (κ2) is 16.3. The highest BCUT2D eigenvalue weighted by Gasteiger charge is 2.41. The van der Waals surface area contributed by atoms with Crippen LogP contribution in [0, 0.1) is 0 Å². The molecule has 3 aliphatic heterocycles. The first-order valence-electron chi connectivity index (χ1n) is 18.7. The summed E-state index contributed by atoms with van der Waals surface area (Å²) >= 11 is 0. The van der Waals surface area contributed by atoms with Gasteiger partial charge in [0, 0.05) is 26.2 Å². The molecule has 4 aromatic rings. The molecule has 4 aromatic carbocycles. The number of rotatable bonds is 10. The number of imide groups is 1. The minimum Gasteiger partial charge on any atom is -0.490 e. The molecule has 3 heterocycles. The molecule has 7 rings (SSSR count). The van der Waals surface area contributed by atoms with E-state index in [0.717, 1.165) is 22.3 Å². The molecule has 1 atom stereocenters. The summed E-state index contributed by atoms with van der Waals surface area (Å²) in [5.74, 6) is -1.33. The average molecular weight is 760 g/mol. The number of carbonyl (C=O) groups excluding carboxylic acids is 4. The standard InChI is InChI=1S/C43H45N5O8/c1-43(2,3)55-42(52)46-22-20-32(21-23-46)45-41(44)47-25-30-18-19-33(24-31(30)26-47)53-27-36(56-48-38(49)34-16-10-11-17-35(34)39(48)50)40(51)54-37(28-12-6-4-7-13-28)29-14-8-5-9-15-29/h4-19,24,32,36-37H,20-23,25-27H2,1-3H3,(H2,44,45)/t36-/m0/s1. The van der Waals surface area contributed by atoms with Crippen LogP contribution in [0.2, 0.25) is 0 Å². The lowest BCUT2D eigenvalue weighted by Gasteiger charge is -2.32. The Morgan fingerprint density at radius 1 is 0.786 bits per heavy atom. The third-order valence-electron chi connectivity index (χ3n) is 9.75. The number of hydrogen-bond donors (Lipinski definition) is 1. The Bertz CT molecular complexity index is 2040. The summed E-state index contributed by atoms with van der Waals surface area (Å²) in [6.45, 7) is 7.32. The van der Waals surface area contributed by atoms with Gasteiger partial charge in [-0.25, -0.2) is 19.4 Å². The monoisotopic (exact) mass is 759 g/mol. The van der Waals surface area contributed by atoms with Crippen molar-refractivity contribution in [2.24, 2.45) is 10.7 Å². The second-order valence-electron chi connectivity index (χ2n) is 15.0. The Morgan fingerprint density at radius 2 is 1.36 bits per heavy atom. The summed E-state index contributed by atoms with van der Waals surface area (Å²) in [6.07, 6.45) is -1.25. The van der Waals surface area contributed by atoms with Crippen LogP contribution in [-0.2, 0) is 32.2 Å². The fourth-order valence-electron chi connectivity index (χ4n) is 6.88. The van der Waals surface area contributed by atoms with Gasteiger partial charge in [0.1, 0.15) is 18.0 Å². The molecule has 56 heavy (non-hydrogen) atoms. The fourth-order valence-corrected chi connectivity index (χ4v) is 6.88. The van der Waals surface area contributed by atoms with Gasteiger partial charge in [0.25, 0.3) is 11.8 Å². The lowest BCUT2D eigenvalue weighted by molar-refractivity contribution is -0.187. The number of hydroxylamine groups is 2. The average Bonchev–Trinajstić information content (AvgIpc) is 3.73. The summed E-state index contributed by atoms with van der Waals surface area (Å²) in [6, 6.07) is 30.4. The number of nitrogens with two attached hydrogens (primary N) is 1. The number of fused-ring (bicyclic) bond motifs is 2. The number of guanidine groups is 1. The number of amides is 3. The molecule has 290 valence electrons. The predicted molar refractivity (Wildman–Crippen MR) is 206 cm³/mol. The summed E-state index contributed by atoms with van der Waals surface area (Å²) in [5.41, 5.74) is 9.77. The predicted octanol–water partition coefficient (Wildman–Crippen LogP) is 6.02. The van der Waals surface area contributed by atoms with Crippen LogP contribution in [0.1, 0.15) is 82.7 Å². The number of piperidine rings is 1. The van der Waals surface area contributed by atoms with Crippen molar-refractivity contribution < 1.29 is 38.2 Å².